The van der Waals surface area contributed by atoms with E-state index in [9.17, 15) is 14.3 Å². The standard InChI is InChI=1S/C22H27FN2O3/c1-24(2)18-7-4-15(5-8-18)21(17-6-9-20(28-3)19(23)14-17)25-12-10-16(11-13-25)22(26)27/h4-9,14,16,21H,10-13H2,1-3H3,(H,26,27). The third-order valence-electron chi connectivity index (χ3n) is 5.46. The monoisotopic (exact) mass is 386 g/mol. The van der Waals surface area contributed by atoms with E-state index in [1.54, 1.807) is 6.07 Å². The van der Waals surface area contributed by atoms with Crippen LogP contribution in [0.4, 0.5) is 10.1 Å². The molecule has 150 valence electrons. The van der Waals surface area contributed by atoms with Gasteiger partial charge in [-0.3, -0.25) is 9.69 Å². The minimum atomic E-state index is -0.734. The maximum absolute atomic E-state index is 14.4. The number of halogens is 1. The highest BCUT2D eigenvalue weighted by molar-refractivity contribution is 5.70. The fourth-order valence-electron chi connectivity index (χ4n) is 3.83. The molecular weight excluding hydrogens is 359 g/mol. The lowest BCUT2D eigenvalue weighted by atomic mass is 9.91. The van der Waals surface area contributed by atoms with Gasteiger partial charge < -0.3 is 14.7 Å². The van der Waals surface area contributed by atoms with Gasteiger partial charge in [-0.2, -0.15) is 0 Å². The minimum Gasteiger partial charge on any atom is -0.494 e. The second-order valence-corrected chi connectivity index (χ2v) is 7.43. The molecule has 1 heterocycles. The van der Waals surface area contributed by atoms with Gasteiger partial charge in [0.15, 0.2) is 11.6 Å². The summed E-state index contributed by atoms with van der Waals surface area (Å²) in [6.07, 6.45) is 1.19. The second kappa shape index (κ2) is 8.61. The number of nitrogens with zero attached hydrogens (tertiary/aromatic N) is 2. The number of carbonyl (C=O) groups is 1. The number of hydrogen-bond donors (Lipinski definition) is 1. The molecule has 1 N–H and O–H groups in total. The van der Waals surface area contributed by atoms with Crippen LogP contribution < -0.4 is 9.64 Å². The Morgan fingerprint density at radius 1 is 1.14 bits per heavy atom. The molecule has 5 nitrogen and oxygen atoms in total. The molecule has 2 aromatic rings. The second-order valence-electron chi connectivity index (χ2n) is 7.43. The number of methoxy groups -OCH3 is 1. The number of ether oxygens (including phenoxy) is 1. The van der Waals surface area contributed by atoms with E-state index in [2.05, 4.69) is 17.0 Å². The van der Waals surface area contributed by atoms with Crippen LogP contribution in [0.2, 0.25) is 0 Å². The van der Waals surface area contributed by atoms with Crippen molar-refractivity contribution in [3.63, 3.8) is 0 Å². The van der Waals surface area contributed by atoms with Crippen molar-refractivity contribution in [2.24, 2.45) is 5.92 Å². The molecule has 0 amide bonds. The van der Waals surface area contributed by atoms with Crippen molar-refractivity contribution in [1.29, 1.82) is 0 Å². The Kier molecular flexibility index (Phi) is 6.19. The van der Waals surface area contributed by atoms with Gasteiger partial charge in [0.05, 0.1) is 19.1 Å². The van der Waals surface area contributed by atoms with E-state index >= 15 is 0 Å². The summed E-state index contributed by atoms with van der Waals surface area (Å²) in [5.74, 6) is -1.21. The first-order valence-electron chi connectivity index (χ1n) is 9.48. The summed E-state index contributed by atoms with van der Waals surface area (Å²) in [5, 5.41) is 9.29. The van der Waals surface area contributed by atoms with Gasteiger partial charge in [0.1, 0.15) is 0 Å². The highest BCUT2D eigenvalue weighted by atomic mass is 19.1. The van der Waals surface area contributed by atoms with E-state index in [1.165, 1.54) is 13.2 Å². The number of rotatable bonds is 6. The van der Waals surface area contributed by atoms with Crippen LogP contribution in [-0.2, 0) is 4.79 Å². The Morgan fingerprint density at radius 3 is 2.25 bits per heavy atom. The van der Waals surface area contributed by atoms with E-state index < -0.39 is 11.8 Å². The van der Waals surface area contributed by atoms with Crippen LogP contribution in [0.5, 0.6) is 5.75 Å². The SMILES string of the molecule is COc1ccc(C(c2ccc(N(C)C)cc2)N2CCC(C(=O)O)CC2)cc1F. The third kappa shape index (κ3) is 4.28. The summed E-state index contributed by atoms with van der Waals surface area (Å²) in [5.41, 5.74) is 2.99. The predicted molar refractivity (Wildman–Crippen MR) is 107 cm³/mol. The zero-order valence-corrected chi connectivity index (χ0v) is 16.6. The van der Waals surface area contributed by atoms with Crippen molar-refractivity contribution in [3.05, 3.63) is 59.4 Å². The van der Waals surface area contributed by atoms with Gasteiger partial charge in [-0.05, 0) is 61.3 Å². The minimum absolute atomic E-state index is 0.133. The van der Waals surface area contributed by atoms with Crippen molar-refractivity contribution in [2.75, 3.05) is 39.2 Å². The summed E-state index contributed by atoms with van der Waals surface area (Å²) in [7, 11) is 5.43. The number of carboxylic acids is 1. The molecule has 1 aliphatic heterocycles. The molecule has 28 heavy (non-hydrogen) atoms. The normalized spacial score (nSPS) is 16.6. The third-order valence-corrected chi connectivity index (χ3v) is 5.46. The largest absolute Gasteiger partial charge is 0.494 e. The highest BCUT2D eigenvalue weighted by Crippen LogP contribution is 2.35. The average Bonchev–Trinajstić information content (AvgIpc) is 2.69. The van der Waals surface area contributed by atoms with Crippen LogP contribution in [0, 0.1) is 11.7 Å². The van der Waals surface area contributed by atoms with E-state index in [0.717, 1.165) is 16.8 Å². The Balaban J connectivity index is 1.94. The van der Waals surface area contributed by atoms with Crippen LogP contribution in [0.15, 0.2) is 42.5 Å². The Labute approximate surface area is 165 Å². The topological polar surface area (TPSA) is 53.0 Å². The number of benzene rings is 2. The van der Waals surface area contributed by atoms with Gasteiger partial charge >= 0.3 is 5.97 Å². The van der Waals surface area contributed by atoms with Crippen LogP contribution in [-0.4, -0.2) is 50.3 Å². The fraction of sp³-hybridized carbons (Fsp3) is 0.409. The number of likely N-dealkylation sites (tertiary alicyclic amines) is 1. The van der Waals surface area contributed by atoms with Crippen LogP contribution in [0.3, 0.4) is 0 Å². The lowest BCUT2D eigenvalue weighted by Crippen LogP contribution is -2.39. The van der Waals surface area contributed by atoms with E-state index in [1.807, 2.05) is 37.2 Å². The molecular formula is C22H27FN2O3. The first kappa shape index (κ1) is 20.1. The molecule has 0 bridgehead atoms. The predicted octanol–water partition coefficient (Wildman–Crippen LogP) is 3.79. The smallest absolute Gasteiger partial charge is 0.306 e. The molecule has 0 saturated carbocycles. The van der Waals surface area contributed by atoms with Crippen LogP contribution in [0.1, 0.15) is 30.0 Å². The highest BCUT2D eigenvalue weighted by Gasteiger charge is 2.30. The Hall–Kier alpha value is -2.60. The lowest BCUT2D eigenvalue weighted by molar-refractivity contribution is -0.143. The van der Waals surface area contributed by atoms with Crippen molar-refractivity contribution in [1.82, 2.24) is 4.90 Å². The Bertz CT molecular complexity index is 815. The molecule has 2 aromatic carbocycles. The molecule has 0 aromatic heterocycles. The van der Waals surface area contributed by atoms with E-state index in [0.29, 0.717) is 25.9 Å². The zero-order valence-electron chi connectivity index (χ0n) is 16.6. The van der Waals surface area contributed by atoms with Gasteiger partial charge in [-0.15, -0.1) is 0 Å². The zero-order chi connectivity index (χ0) is 20.3. The van der Waals surface area contributed by atoms with Crippen LogP contribution in [0.25, 0.3) is 0 Å². The maximum Gasteiger partial charge on any atom is 0.306 e. The average molecular weight is 386 g/mol. The fourth-order valence-corrected chi connectivity index (χ4v) is 3.83. The number of carboxylic acid groups (broad SMARTS) is 1. The summed E-state index contributed by atoms with van der Waals surface area (Å²) < 4.78 is 19.5. The first-order chi connectivity index (χ1) is 13.4. The van der Waals surface area contributed by atoms with Crippen molar-refractivity contribution < 1.29 is 19.0 Å². The lowest BCUT2D eigenvalue weighted by Gasteiger charge is -2.37. The summed E-state index contributed by atoms with van der Waals surface area (Å²) in [6, 6.07) is 13.1. The van der Waals surface area contributed by atoms with Crippen molar-refractivity contribution in [3.8, 4) is 5.75 Å². The summed E-state index contributed by atoms with van der Waals surface area (Å²) >= 11 is 0. The molecule has 6 heteroatoms. The number of anilines is 1. The molecule has 0 radical (unpaired) electrons. The van der Waals surface area contributed by atoms with Gasteiger partial charge in [0.25, 0.3) is 0 Å². The van der Waals surface area contributed by atoms with Gasteiger partial charge in [0, 0.05) is 19.8 Å². The number of piperidine rings is 1. The summed E-state index contributed by atoms with van der Waals surface area (Å²) in [6.45, 7) is 1.31. The van der Waals surface area contributed by atoms with Crippen LogP contribution >= 0.6 is 0 Å². The van der Waals surface area contributed by atoms with Gasteiger partial charge in [0.2, 0.25) is 0 Å². The molecule has 1 atom stereocenters. The summed E-state index contributed by atoms with van der Waals surface area (Å²) in [4.78, 5) is 15.6. The number of aliphatic carboxylic acids is 1. The van der Waals surface area contributed by atoms with Crippen molar-refractivity contribution in [2.45, 2.75) is 18.9 Å². The maximum atomic E-state index is 14.4. The van der Waals surface area contributed by atoms with Gasteiger partial charge in [-0.25, -0.2) is 4.39 Å². The van der Waals surface area contributed by atoms with E-state index in [-0.39, 0.29) is 17.7 Å². The molecule has 3 rings (SSSR count). The molecule has 1 saturated heterocycles. The van der Waals surface area contributed by atoms with E-state index in [4.69, 9.17) is 4.74 Å². The molecule has 1 fully saturated rings. The molecule has 0 spiro atoms. The number of hydrogen-bond acceptors (Lipinski definition) is 4. The van der Waals surface area contributed by atoms with Gasteiger partial charge in [-0.1, -0.05) is 18.2 Å². The molecule has 0 aliphatic carbocycles. The molecule has 1 unspecified atom stereocenters. The Morgan fingerprint density at radius 2 is 1.75 bits per heavy atom. The quantitative estimate of drug-likeness (QED) is 0.819. The first-order valence-corrected chi connectivity index (χ1v) is 9.48. The van der Waals surface area contributed by atoms with Crippen molar-refractivity contribution >= 4 is 11.7 Å². The molecule has 1 aliphatic rings.